The third-order valence-corrected chi connectivity index (χ3v) is 11.8. The van der Waals surface area contributed by atoms with Crippen LogP contribution in [0.4, 0.5) is 0 Å². The lowest BCUT2D eigenvalue weighted by Crippen LogP contribution is -2.37. The highest BCUT2D eigenvalue weighted by atomic mass is 31.2. The molecule has 0 radical (unpaired) electrons. The molecule has 0 rings (SSSR count). The van der Waals surface area contributed by atoms with Crippen molar-refractivity contribution in [2.75, 3.05) is 47.5 Å². The largest absolute Gasteiger partial charge is 0.756 e. The standard InChI is InChI=1S/C52H96NO8P/c1-6-8-10-12-14-16-17-18-19-20-21-22-23-24-25-26-27-28-29-30-31-32-33-34-35-37-39-41-43-45-52(55)61-50(49-60-62(56,57)59-47-46-53(3,4)5)48-58-51(54)44-42-40-38-36-15-13-11-9-7-2/h8,10,14,16,18-19,21-22,50H,6-7,9,11-13,15,17,20,23-49H2,1-5H3/b10-8-,16-14-,19-18-,22-21-. The summed E-state index contributed by atoms with van der Waals surface area (Å²) in [4.78, 5) is 37.5. The molecule has 0 aliphatic rings. The molecule has 9 nitrogen and oxygen atoms in total. The monoisotopic (exact) mass is 894 g/mol. The molecule has 0 fully saturated rings. The molecule has 362 valence electrons. The van der Waals surface area contributed by atoms with Gasteiger partial charge in [0.25, 0.3) is 7.82 Å². The smallest absolute Gasteiger partial charge is 0.306 e. The molecule has 0 heterocycles. The van der Waals surface area contributed by atoms with Gasteiger partial charge in [-0.2, -0.15) is 0 Å². The van der Waals surface area contributed by atoms with Crippen LogP contribution in [0.2, 0.25) is 0 Å². The van der Waals surface area contributed by atoms with Crippen molar-refractivity contribution >= 4 is 19.8 Å². The van der Waals surface area contributed by atoms with E-state index in [2.05, 4.69) is 62.5 Å². The molecular formula is C52H96NO8P. The predicted molar refractivity (Wildman–Crippen MR) is 259 cm³/mol. The summed E-state index contributed by atoms with van der Waals surface area (Å²) < 4.78 is 33.9. The number of esters is 2. The molecule has 0 N–H and O–H groups in total. The second kappa shape index (κ2) is 44.2. The van der Waals surface area contributed by atoms with E-state index in [1.54, 1.807) is 0 Å². The van der Waals surface area contributed by atoms with Gasteiger partial charge in [-0.3, -0.25) is 14.2 Å². The molecule has 0 aromatic rings. The van der Waals surface area contributed by atoms with Gasteiger partial charge in [0.05, 0.1) is 27.7 Å². The quantitative estimate of drug-likeness (QED) is 0.0195. The van der Waals surface area contributed by atoms with E-state index in [-0.39, 0.29) is 32.0 Å². The summed E-state index contributed by atoms with van der Waals surface area (Å²) in [6.07, 6.45) is 53.1. The van der Waals surface area contributed by atoms with Crippen molar-refractivity contribution < 1.29 is 42.1 Å². The van der Waals surface area contributed by atoms with E-state index in [9.17, 15) is 19.0 Å². The van der Waals surface area contributed by atoms with Crippen molar-refractivity contribution in [1.29, 1.82) is 0 Å². The molecule has 0 bridgehead atoms. The number of phosphoric ester groups is 1. The van der Waals surface area contributed by atoms with Crippen LogP contribution in [0.1, 0.15) is 219 Å². The summed E-state index contributed by atoms with van der Waals surface area (Å²) in [6, 6.07) is 0. The van der Waals surface area contributed by atoms with Gasteiger partial charge < -0.3 is 27.9 Å². The Balaban J connectivity index is 4.04. The Morgan fingerprint density at radius 2 is 0.919 bits per heavy atom. The third-order valence-electron chi connectivity index (χ3n) is 10.9. The number of allylic oxidation sites excluding steroid dienone is 8. The van der Waals surface area contributed by atoms with E-state index in [0.717, 1.165) is 64.2 Å². The lowest BCUT2D eigenvalue weighted by atomic mass is 10.0. The molecule has 62 heavy (non-hydrogen) atoms. The molecule has 0 aliphatic heterocycles. The van der Waals surface area contributed by atoms with Gasteiger partial charge in [-0.25, -0.2) is 0 Å². The van der Waals surface area contributed by atoms with E-state index in [4.69, 9.17) is 18.5 Å². The molecule has 10 heteroatoms. The molecule has 0 saturated heterocycles. The zero-order chi connectivity index (χ0) is 45.7. The minimum atomic E-state index is -4.62. The van der Waals surface area contributed by atoms with Crippen LogP contribution >= 0.6 is 7.82 Å². The zero-order valence-corrected chi connectivity index (χ0v) is 41.7. The molecule has 0 aromatic carbocycles. The van der Waals surface area contributed by atoms with Crippen LogP contribution in [-0.4, -0.2) is 70.0 Å². The summed E-state index contributed by atoms with van der Waals surface area (Å²) >= 11 is 0. The molecule has 2 atom stereocenters. The first-order valence-corrected chi connectivity index (χ1v) is 26.8. The van der Waals surface area contributed by atoms with Gasteiger partial charge in [-0.15, -0.1) is 0 Å². The number of ether oxygens (including phenoxy) is 2. The Morgan fingerprint density at radius 1 is 0.516 bits per heavy atom. The predicted octanol–water partition coefficient (Wildman–Crippen LogP) is 14.4. The number of nitrogens with zero attached hydrogens (tertiary/aromatic N) is 1. The summed E-state index contributed by atoms with van der Waals surface area (Å²) in [7, 11) is 1.17. The number of hydrogen-bond donors (Lipinski definition) is 0. The second-order valence-electron chi connectivity index (χ2n) is 18.2. The maximum absolute atomic E-state index is 12.7. The van der Waals surface area contributed by atoms with E-state index >= 15 is 0 Å². The first-order valence-electron chi connectivity index (χ1n) is 25.3. The number of quaternary nitrogens is 1. The van der Waals surface area contributed by atoms with Crippen LogP contribution in [0.15, 0.2) is 48.6 Å². The average Bonchev–Trinajstić information content (AvgIpc) is 3.23. The van der Waals surface area contributed by atoms with E-state index in [1.807, 2.05) is 21.1 Å². The fraction of sp³-hybridized carbons (Fsp3) is 0.808. The van der Waals surface area contributed by atoms with Gasteiger partial charge in [-0.1, -0.05) is 204 Å². The van der Waals surface area contributed by atoms with Gasteiger partial charge >= 0.3 is 11.9 Å². The first kappa shape index (κ1) is 60.0. The van der Waals surface area contributed by atoms with Crippen molar-refractivity contribution in [2.24, 2.45) is 0 Å². The Labute approximate surface area is 382 Å². The van der Waals surface area contributed by atoms with Crippen molar-refractivity contribution in [2.45, 2.75) is 225 Å². The maximum atomic E-state index is 12.7. The Hall–Kier alpha value is -2.03. The maximum Gasteiger partial charge on any atom is 0.306 e. The first-order chi connectivity index (χ1) is 30.0. The van der Waals surface area contributed by atoms with Gasteiger partial charge in [0.1, 0.15) is 19.8 Å². The lowest BCUT2D eigenvalue weighted by molar-refractivity contribution is -0.870. The molecule has 2 unspecified atom stereocenters. The number of unbranched alkanes of at least 4 members (excludes halogenated alkanes) is 24. The van der Waals surface area contributed by atoms with Crippen LogP contribution in [0.25, 0.3) is 0 Å². The van der Waals surface area contributed by atoms with Crippen LogP contribution in [0.5, 0.6) is 0 Å². The topological polar surface area (TPSA) is 111 Å². The minimum absolute atomic E-state index is 0.0297. The van der Waals surface area contributed by atoms with Crippen molar-refractivity contribution in [3.05, 3.63) is 48.6 Å². The van der Waals surface area contributed by atoms with Crippen LogP contribution < -0.4 is 4.89 Å². The van der Waals surface area contributed by atoms with E-state index in [1.165, 1.54) is 122 Å². The number of likely N-dealkylation sites (N-methyl/N-ethyl adjacent to an activating group) is 1. The SMILES string of the molecule is CC/C=C\C/C=C\C/C=C\C/C=C\CCCCCCCCCCCCCCCCCCC(=O)OC(COC(=O)CCCCCCCCCCC)COP(=O)([O-])OCC[N+](C)(C)C. The van der Waals surface area contributed by atoms with Crippen molar-refractivity contribution in [3.63, 3.8) is 0 Å². The Bertz CT molecular complexity index is 1190. The molecule has 0 aliphatic carbocycles. The highest BCUT2D eigenvalue weighted by Crippen LogP contribution is 2.38. The van der Waals surface area contributed by atoms with Crippen LogP contribution in [-0.2, 0) is 32.7 Å². The number of carbonyl (C=O) groups excluding carboxylic acids is 2. The average molecular weight is 894 g/mol. The highest BCUT2D eigenvalue weighted by molar-refractivity contribution is 7.45. The number of hydrogen-bond acceptors (Lipinski definition) is 8. The Kier molecular flexibility index (Phi) is 42.7. The van der Waals surface area contributed by atoms with Gasteiger partial charge in [0.15, 0.2) is 6.10 Å². The summed E-state index contributed by atoms with van der Waals surface area (Å²) in [5.74, 6) is -0.831. The number of phosphoric acid groups is 1. The van der Waals surface area contributed by atoms with E-state index in [0.29, 0.717) is 17.4 Å². The fourth-order valence-corrected chi connectivity index (χ4v) is 7.67. The molecule has 0 aromatic heterocycles. The van der Waals surface area contributed by atoms with Gasteiger partial charge in [0.2, 0.25) is 0 Å². The van der Waals surface area contributed by atoms with Crippen molar-refractivity contribution in [1.82, 2.24) is 0 Å². The number of rotatable bonds is 46. The zero-order valence-electron chi connectivity index (χ0n) is 40.8. The van der Waals surface area contributed by atoms with Crippen LogP contribution in [0.3, 0.4) is 0 Å². The fourth-order valence-electron chi connectivity index (χ4n) is 6.94. The molecule has 0 spiro atoms. The third kappa shape index (κ3) is 47.4. The van der Waals surface area contributed by atoms with Gasteiger partial charge in [-0.05, 0) is 51.4 Å². The Morgan fingerprint density at radius 3 is 1.37 bits per heavy atom. The summed E-state index contributed by atoms with van der Waals surface area (Å²) in [6.45, 7) is 4.11. The van der Waals surface area contributed by atoms with E-state index < -0.39 is 26.5 Å². The normalized spacial score (nSPS) is 13.8. The number of carbonyl (C=O) groups is 2. The summed E-state index contributed by atoms with van der Waals surface area (Å²) in [5, 5.41) is 0. The minimum Gasteiger partial charge on any atom is -0.756 e. The molecule has 0 saturated carbocycles. The van der Waals surface area contributed by atoms with Gasteiger partial charge in [0, 0.05) is 12.8 Å². The highest BCUT2D eigenvalue weighted by Gasteiger charge is 2.21. The van der Waals surface area contributed by atoms with Crippen molar-refractivity contribution in [3.8, 4) is 0 Å². The lowest BCUT2D eigenvalue weighted by Gasteiger charge is -2.28. The van der Waals surface area contributed by atoms with Crippen LogP contribution in [0, 0.1) is 0 Å². The second-order valence-corrected chi connectivity index (χ2v) is 19.6. The molecule has 0 amide bonds. The molecular weight excluding hydrogens is 798 g/mol. The summed E-state index contributed by atoms with van der Waals surface area (Å²) in [5.41, 5.74) is 0.